The van der Waals surface area contributed by atoms with Gasteiger partial charge in [0.05, 0.1) is 12.3 Å². The highest BCUT2D eigenvalue weighted by Crippen LogP contribution is 2.23. The van der Waals surface area contributed by atoms with E-state index in [4.69, 9.17) is 9.47 Å². The van der Waals surface area contributed by atoms with Crippen molar-refractivity contribution in [3.63, 3.8) is 0 Å². The summed E-state index contributed by atoms with van der Waals surface area (Å²) in [6.07, 6.45) is 0.450. The molecule has 1 aromatic rings. The summed E-state index contributed by atoms with van der Waals surface area (Å²) in [6.45, 7) is 15.0. The third-order valence-electron chi connectivity index (χ3n) is 4.10. The van der Waals surface area contributed by atoms with Gasteiger partial charge < -0.3 is 9.47 Å². The van der Waals surface area contributed by atoms with Crippen molar-refractivity contribution in [3.8, 4) is 0 Å². The number of hydrogen-bond acceptors (Lipinski definition) is 4. The van der Waals surface area contributed by atoms with Crippen LogP contribution in [0.15, 0.2) is 42.5 Å². The fraction of sp³-hybridized carbons (Fsp3) is 0.545. The van der Waals surface area contributed by atoms with Gasteiger partial charge in [0.1, 0.15) is 11.7 Å². The van der Waals surface area contributed by atoms with E-state index in [-0.39, 0.29) is 24.4 Å². The Morgan fingerprint density at radius 1 is 1.12 bits per heavy atom. The van der Waals surface area contributed by atoms with E-state index in [9.17, 15) is 9.59 Å². The minimum atomic E-state index is -0.561. The molecular weight excluding hydrogens is 328 g/mol. The van der Waals surface area contributed by atoms with Gasteiger partial charge >= 0.3 is 11.9 Å². The second kappa shape index (κ2) is 9.56. The van der Waals surface area contributed by atoms with E-state index in [0.717, 1.165) is 12.0 Å². The lowest BCUT2D eigenvalue weighted by Crippen LogP contribution is -2.31. The van der Waals surface area contributed by atoms with Gasteiger partial charge in [0.15, 0.2) is 0 Å². The van der Waals surface area contributed by atoms with Crippen molar-refractivity contribution < 1.29 is 19.1 Å². The van der Waals surface area contributed by atoms with Gasteiger partial charge in [-0.1, -0.05) is 49.4 Å². The van der Waals surface area contributed by atoms with E-state index in [1.165, 1.54) is 5.56 Å². The van der Waals surface area contributed by atoms with Gasteiger partial charge in [-0.15, -0.1) is 0 Å². The molecule has 0 heterocycles. The van der Waals surface area contributed by atoms with Crippen LogP contribution in [0, 0.1) is 11.8 Å². The van der Waals surface area contributed by atoms with Crippen molar-refractivity contribution in [3.05, 3.63) is 48.0 Å². The van der Waals surface area contributed by atoms with E-state index >= 15 is 0 Å². The summed E-state index contributed by atoms with van der Waals surface area (Å²) in [5.74, 6) is -1.30. The molecule has 0 radical (unpaired) electrons. The molecule has 0 saturated heterocycles. The fourth-order valence-electron chi connectivity index (χ4n) is 2.71. The number of carbonyl (C=O) groups is 2. The molecule has 0 aromatic heterocycles. The Balaban J connectivity index is 2.64. The predicted molar refractivity (Wildman–Crippen MR) is 104 cm³/mol. The van der Waals surface area contributed by atoms with Crippen molar-refractivity contribution in [1.82, 2.24) is 0 Å². The van der Waals surface area contributed by atoms with Gasteiger partial charge in [0.2, 0.25) is 0 Å². The summed E-state index contributed by atoms with van der Waals surface area (Å²) in [6, 6.07) is 10.1. The Morgan fingerprint density at radius 2 is 1.69 bits per heavy atom. The predicted octanol–water partition coefficient (Wildman–Crippen LogP) is 4.72. The van der Waals surface area contributed by atoms with Crippen molar-refractivity contribution in [2.45, 2.75) is 66.1 Å². The molecule has 0 N–H and O–H groups in total. The number of benzene rings is 1. The van der Waals surface area contributed by atoms with Crippen molar-refractivity contribution in [2.24, 2.45) is 11.8 Å². The highest BCUT2D eigenvalue weighted by atomic mass is 16.6. The third-order valence-corrected chi connectivity index (χ3v) is 4.10. The van der Waals surface area contributed by atoms with Crippen LogP contribution in [0.25, 0.3) is 0 Å². The van der Waals surface area contributed by atoms with E-state index in [1.54, 1.807) is 27.7 Å². The SMILES string of the molecule is C=C(C)[C@@H](Cc1ccccc1)[C@H](C)OC(=O)[C@H](C)CC(=O)OC(C)(C)C. The molecule has 0 bridgehead atoms. The standard InChI is InChI=1S/C22H32O4/c1-15(2)19(14-18-11-9-8-10-12-18)17(4)25-21(24)16(3)13-20(23)26-22(5,6)7/h8-12,16-17,19H,1,13-14H2,2-7H3/t16-,17+,19-/m1/s1. The maximum absolute atomic E-state index is 12.4. The Hall–Kier alpha value is -2.10. The third kappa shape index (κ3) is 7.85. The van der Waals surface area contributed by atoms with E-state index in [0.29, 0.717) is 0 Å². The van der Waals surface area contributed by atoms with Crippen LogP contribution >= 0.6 is 0 Å². The molecule has 26 heavy (non-hydrogen) atoms. The van der Waals surface area contributed by atoms with Crippen LogP contribution < -0.4 is 0 Å². The molecule has 4 heteroatoms. The molecule has 0 aliphatic carbocycles. The minimum absolute atomic E-state index is 0.0131. The summed E-state index contributed by atoms with van der Waals surface area (Å²) >= 11 is 0. The molecule has 0 saturated carbocycles. The summed E-state index contributed by atoms with van der Waals surface area (Å²) in [5.41, 5.74) is 1.58. The zero-order valence-electron chi connectivity index (χ0n) is 16.9. The van der Waals surface area contributed by atoms with Crippen LogP contribution in [-0.2, 0) is 25.5 Å². The molecule has 0 unspecified atom stereocenters. The number of ether oxygens (including phenoxy) is 2. The zero-order chi connectivity index (χ0) is 19.9. The largest absolute Gasteiger partial charge is 0.462 e. The molecule has 144 valence electrons. The molecular formula is C22H32O4. The molecule has 0 aliphatic heterocycles. The van der Waals surface area contributed by atoms with Crippen LogP contribution in [-0.4, -0.2) is 23.6 Å². The maximum Gasteiger partial charge on any atom is 0.309 e. The van der Waals surface area contributed by atoms with Gasteiger partial charge in [0.25, 0.3) is 0 Å². The number of hydrogen-bond donors (Lipinski definition) is 0. The highest BCUT2D eigenvalue weighted by molar-refractivity contribution is 5.79. The first kappa shape index (κ1) is 21.9. The van der Waals surface area contributed by atoms with E-state index in [2.05, 4.69) is 18.7 Å². The average Bonchev–Trinajstić information content (AvgIpc) is 2.51. The van der Waals surface area contributed by atoms with Crippen LogP contribution in [0.5, 0.6) is 0 Å². The molecule has 1 aromatic carbocycles. The van der Waals surface area contributed by atoms with Gasteiger partial charge in [-0.05, 0) is 46.6 Å². The lowest BCUT2D eigenvalue weighted by Gasteiger charge is -2.26. The first-order chi connectivity index (χ1) is 12.0. The summed E-state index contributed by atoms with van der Waals surface area (Å²) in [4.78, 5) is 24.3. The normalized spacial score (nSPS) is 14.8. The summed E-state index contributed by atoms with van der Waals surface area (Å²) in [5, 5.41) is 0. The second-order valence-corrected chi connectivity index (χ2v) is 7.98. The van der Waals surface area contributed by atoms with Crippen LogP contribution in [0.2, 0.25) is 0 Å². The van der Waals surface area contributed by atoms with Gasteiger partial charge in [-0.25, -0.2) is 0 Å². The Bertz CT molecular complexity index is 613. The first-order valence-electron chi connectivity index (χ1n) is 9.11. The van der Waals surface area contributed by atoms with E-state index < -0.39 is 17.5 Å². The molecule has 1 rings (SSSR count). The molecule has 0 fully saturated rings. The smallest absolute Gasteiger partial charge is 0.309 e. The summed E-state index contributed by atoms with van der Waals surface area (Å²) < 4.78 is 10.9. The van der Waals surface area contributed by atoms with Crippen molar-refractivity contribution in [2.75, 3.05) is 0 Å². The molecule has 0 spiro atoms. The van der Waals surface area contributed by atoms with Gasteiger partial charge in [-0.3, -0.25) is 9.59 Å². The van der Waals surface area contributed by atoms with Crippen molar-refractivity contribution in [1.29, 1.82) is 0 Å². The summed E-state index contributed by atoms with van der Waals surface area (Å²) in [7, 11) is 0. The monoisotopic (exact) mass is 360 g/mol. The molecule has 3 atom stereocenters. The Labute approximate surface area is 157 Å². The number of esters is 2. The van der Waals surface area contributed by atoms with Crippen LogP contribution in [0.4, 0.5) is 0 Å². The average molecular weight is 360 g/mol. The first-order valence-corrected chi connectivity index (χ1v) is 9.11. The molecule has 4 nitrogen and oxygen atoms in total. The van der Waals surface area contributed by atoms with Crippen molar-refractivity contribution >= 4 is 11.9 Å². The number of rotatable bonds is 8. The zero-order valence-corrected chi connectivity index (χ0v) is 16.9. The Morgan fingerprint density at radius 3 is 2.19 bits per heavy atom. The van der Waals surface area contributed by atoms with Gasteiger partial charge in [-0.2, -0.15) is 0 Å². The molecule has 0 amide bonds. The van der Waals surface area contributed by atoms with Crippen LogP contribution in [0.1, 0.15) is 53.5 Å². The maximum atomic E-state index is 12.4. The van der Waals surface area contributed by atoms with Crippen LogP contribution in [0.3, 0.4) is 0 Å². The lowest BCUT2D eigenvalue weighted by atomic mass is 9.89. The topological polar surface area (TPSA) is 52.6 Å². The lowest BCUT2D eigenvalue weighted by molar-refractivity contribution is -0.163. The second-order valence-electron chi connectivity index (χ2n) is 7.98. The minimum Gasteiger partial charge on any atom is -0.462 e. The quantitative estimate of drug-likeness (QED) is 0.497. The number of carbonyl (C=O) groups excluding carboxylic acids is 2. The van der Waals surface area contributed by atoms with E-state index in [1.807, 2.05) is 32.0 Å². The highest BCUT2D eigenvalue weighted by Gasteiger charge is 2.27. The van der Waals surface area contributed by atoms with Gasteiger partial charge in [0, 0.05) is 5.92 Å². The Kier molecular flexibility index (Phi) is 8.07. The molecule has 0 aliphatic rings. The fourth-order valence-corrected chi connectivity index (χ4v) is 2.71.